The first-order valence-corrected chi connectivity index (χ1v) is 11.5. The summed E-state index contributed by atoms with van der Waals surface area (Å²) in [6, 6.07) is 15.7. The van der Waals surface area contributed by atoms with Crippen LogP contribution in [-0.2, 0) is 9.59 Å². The van der Waals surface area contributed by atoms with Crippen molar-refractivity contribution >= 4 is 11.8 Å². The maximum absolute atomic E-state index is 12.4. The third kappa shape index (κ3) is 7.59. The molecule has 0 atom stereocenters. The van der Waals surface area contributed by atoms with Crippen molar-refractivity contribution in [2.24, 2.45) is 11.8 Å². The van der Waals surface area contributed by atoms with Crippen LogP contribution in [0.15, 0.2) is 48.5 Å². The number of ether oxygens (including phenoxy) is 2. The molecule has 6 nitrogen and oxygen atoms in total. The Balaban J connectivity index is 1.26. The topological polar surface area (TPSA) is 76.7 Å². The van der Waals surface area contributed by atoms with Gasteiger partial charge >= 0.3 is 0 Å². The molecule has 172 valence electrons. The van der Waals surface area contributed by atoms with E-state index in [0.29, 0.717) is 26.3 Å². The molecule has 0 saturated heterocycles. The molecule has 2 aromatic rings. The van der Waals surface area contributed by atoms with Gasteiger partial charge in [-0.05, 0) is 63.8 Å². The number of aryl methyl sites for hydroxylation is 2. The Morgan fingerprint density at radius 3 is 1.38 bits per heavy atom. The van der Waals surface area contributed by atoms with Gasteiger partial charge in [0.15, 0.2) is 0 Å². The number of carbonyl (C=O) groups excluding carboxylic acids is 2. The predicted molar refractivity (Wildman–Crippen MR) is 125 cm³/mol. The lowest BCUT2D eigenvalue weighted by Crippen LogP contribution is -2.39. The summed E-state index contributed by atoms with van der Waals surface area (Å²) in [6.45, 7) is 5.91. The van der Waals surface area contributed by atoms with E-state index >= 15 is 0 Å². The van der Waals surface area contributed by atoms with Crippen molar-refractivity contribution in [3.63, 3.8) is 0 Å². The molecule has 32 heavy (non-hydrogen) atoms. The molecule has 0 spiro atoms. The number of amides is 2. The first-order valence-electron chi connectivity index (χ1n) is 11.5. The van der Waals surface area contributed by atoms with Gasteiger partial charge in [0, 0.05) is 11.8 Å². The third-order valence-electron chi connectivity index (χ3n) is 5.85. The number of hydrogen-bond acceptors (Lipinski definition) is 4. The average molecular weight is 439 g/mol. The summed E-state index contributed by atoms with van der Waals surface area (Å²) < 4.78 is 11.3. The Morgan fingerprint density at radius 2 is 1.03 bits per heavy atom. The minimum absolute atomic E-state index is 0.0247. The van der Waals surface area contributed by atoms with E-state index in [9.17, 15) is 9.59 Å². The largest absolute Gasteiger partial charge is 0.492 e. The lowest BCUT2D eigenvalue weighted by molar-refractivity contribution is -0.130. The molecule has 0 bridgehead atoms. The fourth-order valence-electron chi connectivity index (χ4n) is 3.86. The molecule has 0 aliphatic heterocycles. The summed E-state index contributed by atoms with van der Waals surface area (Å²) in [7, 11) is 0. The van der Waals surface area contributed by atoms with Crippen molar-refractivity contribution in [1.29, 1.82) is 0 Å². The molecule has 0 unspecified atom stereocenters. The van der Waals surface area contributed by atoms with Gasteiger partial charge in [-0.3, -0.25) is 9.59 Å². The summed E-state index contributed by atoms with van der Waals surface area (Å²) in [5.74, 6) is 1.68. The summed E-state index contributed by atoms with van der Waals surface area (Å²) >= 11 is 0. The second-order valence-corrected chi connectivity index (χ2v) is 8.45. The van der Waals surface area contributed by atoms with E-state index in [1.54, 1.807) is 0 Å². The summed E-state index contributed by atoms with van der Waals surface area (Å²) in [5, 5.41) is 5.92. The maximum Gasteiger partial charge on any atom is 0.223 e. The number of benzene rings is 2. The van der Waals surface area contributed by atoms with Gasteiger partial charge in [0.25, 0.3) is 0 Å². The quantitative estimate of drug-likeness (QED) is 0.553. The smallest absolute Gasteiger partial charge is 0.223 e. The molecular formula is C26H34N2O4. The Bertz CT molecular complexity index is 783. The zero-order chi connectivity index (χ0) is 22.8. The van der Waals surface area contributed by atoms with Gasteiger partial charge in [-0.1, -0.05) is 35.4 Å². The molecule has 1 aliphatic carbocycles. The zero-order valence-electron chi connectivity index (χ0n) is 19.1. The molecule has 3 rings (SSSR count). The van der Waals surface area contributed by atoms with Gasteiger partial charge in [-0.25, -0.2) is 0 Å². The molecule has 2 amide bonds. The second-order valence-electron chi connectivity index (χ2n) is 8.45. The first kappa shape index (κ1) is 23.6. The van der Waals surface area contributed by atoms with Crippen LogP contribution in [0.4, 0.5) is 0 Å². The minimum atomic E-state index is -0.0247. The van der Waals surface area contributed by atoms with Gasteiger partial charge in [0.2, 0.25) is 11.8 Å². The lowest BCUT2D eigenvalue weighted by atomic mass is 9.81. The number of carbonyl (C=O) groups is 2. The number of rotatable bonds is 10. The molecule has 0 aromatic heterocycles. The van der Waals surface area contributed by atoms with Crippen LogP contribution in [0.1, 0.15) is 36.8 Å². The standard InChI is InChI=1S/C26H34N2O4/c1-19-3-11-23(12-4-19)31-17-15-27-25(29)21-7-9-22(10-8-21)26(30)28-16-18-32-24-13-5-20(2)6-14-24/h3-6,11-14,21-22H,7-10,15-18H2,1-2H3,(H,27,29)(H,28,30). The van der Waals surface area contributed by atoms with Gasteiger partial charge in [0.1, 0.15) is 24.7 Å². The van der Waals surface area contributed by atoms with Crippen molar-refractivity contribution in [3.8, 4) is 11.5 Å². The monoisotopic (exact) mass is 438 g/mol. The highest BCUT2D eigenvalue weighted by atomic mass is 16.5. The highest BCUT2D eigenvalue weighted by Crippen LogP contribution is 2.29. The van der Waals surface area contributed by atoms with E-state index in [4.69, 9.17) is 9.47 Å². The van der Waals surface area contributed by atoms with Crippen LogP contribution in [0.25, 0.3) is 0 Å². The van der Waals surface area contributed by atoms with Gasteiger partial charge in [0.05, 0.1) is 13.1 Å². The van der Waals surface area contributed by atoms with E-state index in [1.807, 2.05) is 62.4 Å². The fourth-order valence-corrected chi connectivity index (χ4v) is 3.86. The summed E-state index contributed by atoms with van der Waals surface area (Å²) in [6.07, 6.45) is 2.95. The van der Waals surface area contributed by atoms with Gasteiger partial charge in [-0.2, -0.15) is 0 Å². The SMILES string of the molecule is Cc1ccc(OCCNC(=O)C2CCC(C(=O)NCCOc3ccc(C)cc3)CC2)cc1. The van der Waals surface area contributed by atoms with E-state index in [1.165, 1.54) is 11.1 Å². The minimum Gasteiger partial charge on any atom is -0.492 e. The average Bonchev–Trinajstić information content (AvgIpc) is 2.81. The molecule has 1 saturated carbocycles. The zero-order valence-corrected chi connectivity index (χ0v) is 19.1. The molecule has 2 N–H and O–H groups in total. The highest BCUT2D eigenvalue weighted by Gasteiger charge is 2.29. The maximum atomic E-state index is 12.4. The second kappa shape index (κ2) is 12.1. The van der Waals surface area contributed by atoms with E-state index in [2.05, 4.69) is 10.6 Å². The number of hydrogen-bond donors (Lipinski definition) is 2. The number of nitrogens with one attached hydrogen (secondary N) is 2. The van der Waals surface area contributed by atoms with Crippen LogP contribution in [0.5, 0.6) is 11.5 Å². The van der Waals surface area contributed by atoms with Crippen LogP contribution < -0.4 is 20.1 Å². The molecule has 0 heterocycles. The van der Waals surface area contributed by atoms with Crippen molar-refractivity contribution < 1.29 is 19.1 Å². The Morgan fingerprint density at radius 1 is 0.688 bits per heavy atom. The lowest BCUT2D eigenvalue weighted by Gasteiger charge is -2.27. The van der Waals surface area contributed by atoms with E-state index in [-0.39, 0.29) is 23.7 Å². The van der Waals surface area contributed by atoms with Gasteiger partial charge < -0.3 is 20.1 Å². The Kier molecular flexibility index (Phi) is 8.96. The third-order valence-corrected chi connectivity index (χ3v) is 5.85. The summed E-state index contributed by atoms with van der Waals surface area (Å²) in [4.78, 5) is 24.8. The summed E-state index contributed by atoms with van der Waals surface area (Å²) in [5.41, 5.74) is 2.37. The normalized spacial score (nSPS) is 17.9. The predicted octanol–water partition coefficient (Wildman–Crippen LogP) is 3.80. The van der Waals surface area contributed by atoms with Crippen molar-refractivity contribution in [2.45, 2.75) is 39.5 Å². The molecule has 1 aliphatic rings. The molecule has 2 aromatic carbocycles. The van der Waals surface area contributed by atoms with Gasteiger partial charge in [-0.15, -0.1) is 0 Å². The molecular weight excluding hydrogens is 404 g/mol. The first-order chi connectivity index (χ1) is 15.5. The van der Waals surface area contributed by atoms with Crippen LogP contribution >= 0.6 is 0 Å². The molecule has 1 fully saturated rings. The van der Waals surface area contributed by atoms with Crippen LogP contribution in [0.2, 0.25) is 0 Å². The van der Waals surface area contributed by atoms with Crippen LogP contribution in [0.3, 0.4) is 0 Å². The molecule has 6 heteroatoms. The highest BCUT2D eigenvalue weighted by molar-refractivity contribution is 5.81. The van der Waals surface area contributed by atoms with Crippen molar-refractivity contribution in [2.75, 3.05) is 26.3 Å². The van der Waals surface area contributed by atoms with Crippen molar-refractivity contribution in [3.05, 3.63) is 59.7 Å². The van der Waals surface area contributed by atoms with E-state index < -0.39 is 0 Å². The van der Waals surface area contributed by atoms with Crippen LogP contribution in [-0.4, -0.2) is 38.1 Å². The molecule has 0 radical (unpaired) electrons. The fraction of sp³-hybridized carbons (Fsp3) is 0.462. The van der Waals surface area contributed by atoms with Crippen LogP contribution in [0, 0.1) is 25.7 Å². The van der Waals surface area contributed by atoms with E-state index in [0.717, 1.165) is 37.2 Å². The Hall–Kier alpha value is -3.02. The van der Waals surface area contributed by atoms with Crippen molar-refractivity contribution in [1.82, 2.24) is 10.6 Å². The Labute approximate surface area is 190 Å².